The zero-order valence-corrected chi connectivity index (χ0v) is 13.0. The van der Waals surface area contributed by atoms with Crippen molar-refractivity contribution < 1.29 is 14.3 Å². The summed E-state index contributed by atoms with van der Waals surface area (Å²) in [5, 5.41) is 12.2. The summed E-state index contributed by atoms with van der Waals surface area (Å²) in [6, 6.07) is 11.4. The number of carboxylic acid groups (broad SMARTS) is 1. The predicted molar refractivity (Wildman–Crippen MR) is 82.8 cm³/mol. The van der Waals surface area contributed by atoms with Gasteiger partial charge in [0.15, 0.2) is 0 Å². The van der Waals surface area contributed by atoms with Crippen molar-refractivity contribution in [3.8, 4) is 0 Å². The number of benzene rings is 2. The van der Waals surface area contributed by atoms with Crippen LogP contribution >= 0.6 is 15.9 Å². The Hall–Kier alpha value is -1.72. The van der Waals surface area contributed by atoms with Gasteiger partial charge < -0.3 is 10.4 Å². The quantitative estimate of drug-likeness (QED) is 0.851. The maximum Gasteiger partial charge on any atom is 0.335 e. The molecule has 21 heavy (non-hydrogen) atoms. The molecule has 0 unspecified atom stereocenters. The molecular weight excluding hydrogens is 337 g/mol. The van der Waals surface area contributed by atoms with Crippen LogP contribution in [0.3, 0.4) is 0 Å². The third kappa shape index (κ3) is 4.12. The van der Waals surface area contributed by atoms with Crippen molar-refractivity contribution in [3.63, 3.8) is 0 Å². The minimum absolute atomic E-state index is 0.00764. The largest absolute Gasteiger partial charge is 0.478 e. The van der Waals surface area contributed by atoms with E-state index < -0.39 is 5.97 Å². The molecule has 2 aromatic rings. The van der Waals surface area contributed by atoms with Gasteiger partial charge in [0.05, 0.1) is 5.56 Å². The standard InChI is InChI=1S/C16H15BrFNO2/c1-10(11-3-2-4-14(18)7-11)19-9-13-6-5-12(16(20)21)8-15(13)17/h2-8,10,19H,9H2,1H3,(H,20,21)/t10-/m1/s1. The van der Waals surface area contributed by atoms with E-state index in [0.29, 0.717) is 6.54 Å². The average Bonchev–Trinajstić information content (AvgIpc) is 2.45. The van der Waals surface area contributed by atoms with Crippen molar-refractivity contribution in [2.45, 2.75) is 19.5 Å². The van der Waals surface area contributed by atoms with E-state index in [2.05, 4.69) is 21.2 Å². The van der Waals surface area contributed by atoms with E-state index in [1.807, 2.05) is 13.0 Å². The molecule has 2 rings (SSSR count). The molecule has 1 atom stereocenters. The zero-order chi connectivity index (χ0) is 15.4. The molecule has 5 heteroatoms. The average molecular weight is 352 g/mol. The highest BCUT2D eigenvalue weighted by Gasteiger charge is 2.09. The summed E-state index contributed by atoms with van der Waals surface area (Å²) in [5.74, 6) is -1.21. The van der Waals surface area contributed by atoms with E-state index >= 15 is 0 Å². The lowest BCUT2D eigenvalue weighted by atomic mass is 10.1. The molecular formula is C16H15BrFNO2. The highest BCUT2D eigenvalue weighted by molar-refractivity contribution is 9.10. The Labute approximate surface area is 130 Å². The predicted octanol–water partition coefficient (Wildman–Crippen LogP) is 4.14. The molecule has 0 saturated carbocycles. The summed E-state index contributed by atoms with van der Waals surface area (Å²) in [5.41, 5.74) is 2.06. The molecule has 0 aliphatic carbocycles. The van der Waals surface area contributed by atoms with Crippen LogP contribution < -0.4 is 5.32 Å². The molecule has 2 N–H and O–H groups in total. The van der Waals surface area contributed by atoms with Gasteiger partial charge in [0.2, 0.25) is 0 Å². The number of carbonyl (C=O) groups is 1. The van der Waals surface area contributed by atoms with E-state index in [0.717, 1.165) is 15.6 Å². The number of nitrogens with one attached hydrogen (secondary N) is 1. The fraction of sp³-hybridized carbons (Fsp3) is 0.188. The van der Waals surface area contributed by atoms with E-state index in [-0.39, 0.29) is 17.4 Å². The lowest BCUT2D eigenvalue weighted by Gasteiger charge is -2.15. The minimum Gasteiger partial charge on any atom is -0.478 e. The van der Waals surface area contributed by atoms with E-state index in [1.165, 1.54) is 12.1 Å². The van der Waals surface area contributed by atoms with Crippen molar-refractivity contribution in [1.29, 1.82) is 0 Å². The van der Waals surface area contributed by atoms with E-state index in [1.54, 1.807) is 24.3 Å². The molecule has 0 aromatic heterocycles. The second-order valence-electron chi connectivity index (χ2n) is 4.77. The molecule has 0 spiro atoms. The summed E-state index contributed by atoms with van der Waals surface area (Å²) < 4.78 is 13.9. The Balaban J connectivity index is 2.04. The number of hydrogen-bond acceptors (Lipinski definition) is 2. The van der Waals surface area contributed by atoms with Crippen molar-refractivity contribution in [2.75, 3.05) is 0 Å². The van der Waals surface area contributed by atoms with Crippen LogP contribution in [-0.4, -0.2) is 11.1 Å². The van der Waals surface area contributed by atoms with Crippen molar-refractivity contribution in [1.82, 2.24) is 5.32 Å². The van der Waals surface area contributed by atoms with Crippen molar-refractivity contribution in [3.05, 3.63) is 69.4 Å². The van der Waals surface area contributed by atoms with Crippen molar-refractivity contribution in [2.24, 2.45) is 0 Å². The molecule has 3 nitrogen and oxygen atoms in total. The molecule has 0 amide bonds. The summed E-state index contributed by atoms with van der Waals surface area (Å²) >= 11 is 3.37. The molecule has 2 aromatic carbocycles. The molecule has 0 radical (unpaired) electrons. The summed E-state index contributed by atoms with van der Waals surface area (Å²) in [7, 11) is 0. The number of halogens is 2. The van der Waals surface area contributed by atoms with Crippen LogP contribution in [0.15, 0.2) is 46.9 Å². The first-order chi connectivity index (χ1) is 9.97. The molecule has 0 bridgehead atoms. The van der Waals surface area contributed by atoms with Crippen LogP contribution in [0.2, 0.25) is 0 Å². The number of hydrogen-bond donors (Lipinski definition) is 2. The summed E-state index contributed by atoms with van der Waals surface area (Å²) in [6.45, 7) is 2.51. The maximum absolute atomic E-state index is 13.2. The Kier molecular flexibility index (Phi) is 5.09. The van der Waals surface area contributed by atoms with E-state index in [4.69, 9.17) is 5.11 Å². The Morgan fingerprint density at radius 1 is 1.33 bits per heavy atom. The van der Waals surface area contributed by atoms with Crippen LogP contribution in [-0.2, 0) is 6.54 Å². The highest BCUT2D eigenvalue weighted by atomic mass is 79.9. The number of carboxylic acids is 1. The van der Waals surface area contributed by atoms with Gasteiger partial charge in [0.1, 0.15) is 5.82 Å². The molecule has 0 fully saturated rings. The van der Waals surface area contributed by atoms with Gasteiger partial charge in [0, 0.05) is 17.1 Å². The van der Waals surface area contributed by atoms with Gasteiger partial charge in [0.25, 0.3) is 0 Å². The first-order valence-corrected chi connectivity index (χ1v) is 7.27. The fourth-order valence-corrected chi connectivity index (χ4v) is 2.50. The van der Waals surface area contributed by atoms with Crippen molar-refractivity contribution >= 4 is 21.9 Å². The molecule has 0 aliphatic rings. The second kappa shape index (κ2) is 6.83. The lowest BCUT2D eigenvalue weighted by Crippen LogP contribution is -2.18. The van der Waals surface area contributed by atoms with Crippen LogP contribution in [0, 0.1) is 5.82 Å². The first-order valence-electron chi connectivity index (χ1n) is 6.48. The minimum atomic E-state index is -0.955. The first kappa shape index (κ1) is 15.7. The van der Waals surface area contributed by atoms with Crippen LogP contribution in [0.4, 0.5) is 4.39 Å². The lowest BCUT2D eigenvalue weighted by molar-refractivity contribution is 0.0697. The van der Waals surface area contributed by atoms with Crippen LogP contribution in [0.1, 0.15) is 34.5 Å². The van der Waals surface area contributed by atoms with Gasteiger partial charge in [-0.3, -0.25) is 0 Å². The third-order valence-corrected chi connectivity index (χ3v) is 3.99. The van der Waals surface area contributed by atoms with Gasteiger partial charge in [-0.15, -0.1) is 0 Å². The maximum atomic E-state index is 13.2. The van der Waals surface area contributed by atoms with E-state index in [9.17, 15) is 9.18 Å². The molecule has 0 saturated heterocycles. The number of aromatic carboxylic acids is 1. The summed E-state index contributed by atoms with van der Waals surface area (Å²) in [6.07, 6.45) is 0. The smallest absolute Gasteiger partial charge is 0.335 e. The summed E-state index contributed by atoms with van der Waals surface area (Å²) in [4.78, 5) is 10.9. The van der Waals surface area contributed by atoms with Crippen LogP contribution in [0.25, 0.3) is 0 Å². The third-order valence-electron chi connectivity index (χ3n) is 3.25. The number of rotatable bonds is 5. The van der Waals surface area contributed by atoms with Crippen LogP contribution in [0.5, 0.6) is 0 Å². The van der Waals surface area contributed by atoms with Gasteiger partial charge in [-0.25, -0.2) is 9.18 Å². The fourth-order valence-electron chi connectivity index (χ4n) is 1.98. The molecule has 0 heterocycles. The topological polar surface area (TPSA) is 49.3 Å². The second-order valence-corrected chi connectivity index (χ2v) is 5.62. The normalized spacial score (nSPS) is 12.1. The Morgan fingerprint density at radius 2 is 2.10 bits per heavy atom. The SMILES string of the molecule is C[C@@H](NCc1ccc(C(=O)O)cc1Br)c1cccc(F)c1. The Morgan fingerprint density at radius 3 is 2.71 bits per heavy atom. The van der Waals surface area contributed by atoms with Gasteiger partial charge in [-0.1, -0.05) is 34.1 Å². The molecule has 110 valence electrons. The molecule has 0 aliphatic heterocycles. The Bertz CT molecular complexity index is 660. The highest BCUT2D eigenvalue weighted by Crippen LogP contribution is 2.20. The van der Waals surface area contributed by atoms with Gasteiger partial charge in [-0.05, 0) is 42.3 Å². The zero-order valence-electron chi connectivity index (χ0n) is 11.4. The van der Waals surface area contributed by atoms with Gasteiger partial charge in [-0.2, -0.15) is 0 Å². The monoisotopic (exact) mass is 351 g/mol. The van der Waals surface area contributed by atoms with Gasteiger partial charge >= 0.3 is 5.97 Å².